The topological polar surface area (TPSA) is 101 Å². The molecule has 1 aromatic heterocycles. The molecule has 1 aliphatic heterocycles. The lowest BCUT2D eigenvalue weighted by atomic mass is 9.93. The summed E-state index contributed by atoms with van der Waals surface area (Å²) in [5.41, 5.74) is -0.570. The molecule has 1 atom stereocenters. The van der Waals surface area contributed by atoms with Crippen LogP contribution in [0.2, 0.25) is 0 Å². The van der Waals surface area contributed by atoms with Crippen LogP contribution in [-0.2, 0) is 4.79 Å². The first-order valence-electron chi connectivity index (χ1n) is 8.36. The largest absolute Gasteiger partial charge is 0.491 e. The molecule has 140 valence electrons. The zero-order chi connectivity index (χ0) is 18.6. The minimum absolute atomic E-state index is 0.0725. The Morgan fingerprint density at radius 3 is 2.88 bits per heavy atom. The number of likely N-dealkylation sites (tertiary alicyclic amines) is 1. The molecule has 0 aliphatic carbocycles. The van der Waals surface area contributed by atoms with Crippen LogP contribution >= 0.6 is 0 Å². The molecule has 9 heteroatoms. The van der Waals surface area contributed by atoms with E-state index in [9.17, 15) is 14.3 Å². The summed E-state index contributed by atoms with van der Waals surface area (Å²) in [5, 5.41) is 20.6. The van der Waals surface area contributed by atoms with E-state index in [-0.39, 0.29) is 24.9 Å². The van der Waals surface area contributed by atoms with Gasteiger partial charge < -0.3 is 15.2 Å². The zero-order valence-corrected chi connectivity index (χ0v) is 14.4. The van der Waals surface area contributed by atoms with Gasteiger partial charge in [-0.3, -0.25) is 9.69 Å². The van der Waals surface area contributed by atoms with Gasteiger partial charge in [-0.05, 0) is 55.7 Å². The van der Waals surface area contributed by atoms with Crippen molar-refractivity contribution in [2.45, 2.75) is 25.4 Å². The number of rotatable bonds is 6. The van der Waals surface area contributed by atoms with Crippen LogP contribution in [0.3, 0.4) is 0 Å². The monoisotopic (exact) mass is 364 g/mol. The van der Waals surface area contributed by atoms with Gasteiger partial charge in [0.1, 0.15) is 29.5 Å². The molecule has 0 bridgehead atoms. The van der Waals surface area contributed by atoms with Crippen LogP contribution in [0.15, 0.2) is 28.9 Å². The minimum Gasteiger partial charge on any atom is -0.491 e. The predicted octanol–water partition coefficient (Wildman–Crippen LogP) is 1.36. The van der Waals surface area contributed by atoms with E-state index in [0.717, 1.165) is 6.42 Å². The Labute approximate surface area is 149 Å². The van der Waals surface area contributed by atoms with Gasteiger partial charge in [0.2, 0.25) is 5.91 Å². The number of hydrogen-bond acceptors (Lipinski definition) is 7. The van der Waals surface area contributed by atoms with E-state index in [0.29, 0.717) is 36.8 Å². The fraction of sp³-hybridized carbons (Fsp3) is 0.471. The molecule has 1 aromatic carbocycles. The van der Waals surface area contributed by atoms with Gasteiger partial charge in [0.25, 0.3) is 0 Å². The number of hydrogen-bond donors (Lipinski definition) is 2. The normalized spacial score (nSPS) is 20.7. The van der Waals surface area contributed by atoms with Gasteiger partial charge in [0.05, 0.1) is 6.54 Å². The lowest BCUT2D eigenvalue weighted by Gasteiger charge is -2.38. The molecule has 8 nitrogen and oxygen atoms in total. The number of carbonyl (C=O) groups excluding carboxylic acids is 1. The number of β-amino-alcohol motifs (C(OH)–C–C–N with tert-alkyl or cyclic N) is 1. The standard InChI is InChI=1S/C17H21FN4O4/c1-12-16(21-26-20-12)19-15(23)9-22-8-2-7-17(24,10-22)11-25-14-5-3-13(18)4-6-14/h3-6,24H,2,7-11H2,1H3,(H,19,21,23). The summed E-state index contributed by atoms with van der Waals surface area (Å²) in [7, 11) is 0. The van der Waals surface area contributed by atoms with Gasteiger partial charge in [-0.25, -0.2) is 9.02 Å². The molecule has 2 aromatic rings. The average Bonchev–Trinajstić information content (AvgIpc) is 2.99. The highest BCUT2D eigenvalue weighted by Gasteiger charge is 2.34. The summed E-state index contributed by atoms with van der Waals surface area (Å²) < 4.78 is 23.1. The Morgan fingerprint density at radius 2 is 2.19 bits per heavy atom. The van der Waals surface area contributed by atoms with Gasteiger partial charge >= 0.3 is 0 Å². The highest BCUT2D eigenvalue weighted by Crippen LogP contribution is 2.23. The van der Waals surface area contributed by atoms with Crippen molar-refractivity contribution in [3.05, 3.63) is 35.8 Å². The van der Waals surface area contributed by atoms with Crippen molar-refractivity contribution >= 4 is 11.7 Å². The number of halogens is 1. The van der Waals surface area contributed by atoms with Gasteiger partial charge in [0.15, 0.2) is 5.82 Å². The second-order valence-electron chi connectivity index (χ2n) is 6.53. The number of amides is 1. The summed E-state index contributed by atoms with van der Waals surface area (Å²) in [6, 6.07) is 5.64. The number of piperidine rings is 1. The Hall–Kier alpha value is -2.52. The quantitative estimate of drug-likeness (QED) is 0.798. The predicted molar refractivity (Wildman–Crippen MR) is 90.2 cm³/mol. The van der Waals surface area contributed by atoms with Crippen LogP contribution in [0.1, 0.15) is 18.5 Å². The van der Waals surface area contributed by atoms with Crippen molar-refractivity contribution in [3.63, 3.8) is 0 Å². The molecule has 2 N–H and O–H groups in total. The third-order valence-corrected chi connectivity index (χ3v) is 4.23. The Bertz CT molecular complexity index is 751. The number of aliphatic hydroxyl groups is 1. The van der Waals surface area contributed by atoms with Gasteiger partial charge in [-0.15, -0.1) is 0 Å². The second-order valence-corrected chi connectivity index (χ2v) is 6.53. The number of nitrogens with zero attached hydrogens (tertiary/aromatic N) is 3. The Morgan fingerprint density at radius 1 is 1.42 bits per heavy atom. The highest BCUT2D eigenvalue weighted by molar-refractivity contribution is 5.91. The maximum Gasteiger partial charge on any atom is 0.239 e. The van der Waals surface area contributed by atoms with E-state index >= 15 is 0 Å². The molecule has 1 unspecified atom stereocenters. The number of carbonyl (C=O) groups is 1. The molecule has 1 saturated heterocycles. The lowest BCUT2D eigenvalue weighted by molar-refractivity contribution is -0.120. The van der Waals surface area contributed by atoms with E-state index in [1.165, 1.54) is 24.3 Å². The third kappa shape index (κ3) is 4.77. The van der Waals surface area contributed by atoms with Crippen LogP contribution < -0.4 is 10.1 Å². The fourth-order valence-electron chi connectivity index (χ4n) is 2.93. The molecular weight excluding hydrogens is 343 g/mol. The van der Waals surface area contributed by atoms with Crippen molar-refractivity contribution in [1.82, 2.24) is 15.2 Å². The van der Waals surface area contributed by atoms with E-state index in [2.05, 4.69) is 20.3 Å². The summed E-state index contributed by atoms with van der Waals surface area (Å²) >= 11 is 0. The molecule has 0 saturated carbocycles. The van der Waals surface area contributed by atoms with Crippen LogP contribution in [-0.4, -0.2) is 58.1 Å². The van der Waals surface area contributed by atoms with Crippen LogP contribution in [0.5, 0.6) is 5.75 Å². The van der Waals surface area contributed by atoms with E-state index in [1.807, 2.05) is 4.90 Å². The number of ether oxygens (including phenoxy) is 1. The Kier molecular flexibility index (Phi) is 5.48. The first-order chi connectivity index (χ1) is 12.4. The van der Waals surface area contributed by atoms with Gasteiger partial charge in [0, 0.05) is 6.54 Å². The smallest absolute Gasteiger partial charge is 0.239 e. The first-order valence-corrected chi connectivity index (χ1v) is 8.36. The van der Waals surface area contributed by atoms with Gasteiger partial charge in [-0.2, -0.15) is 0 Å². The first kappa shape index (κ1) is 18.3. The molecule has 3 rings (SSSR count). The molecule has 1 amide bonds. The summed E-state index contributed by atoms with van der Waals surface area (Å²) in [4.78, 5) is 14.0. The fourth-order valence-corrected chi connectivity index (χ4v) is 2.93. The van der Waals surface area contributed by atoms with E-state index in [1.54, 1.807) is 6.92 Å². The zero-order valence-electron chi connectivity index (χ0n) is 14.4. The number of benzene rings is 1. The molecular formula is C17H21FN4O4. The number of nitrogens with one attached hydrogen (secondary N) is 1. The molecule has 0 radical (unpaired) electrons. The summed E-state index contributed by atoms with van der Waals surface area (Å²) in [6.07, 6.45) is 1.31. The highest BCUT2D eigenvalue weighted by atomic mass is 19.1. The number of aromatic nitrogens is 2. The maximum absolute atomic E-state index is 12.9. The summed E-state index contributed by atoms with van der Waals surface area (Å²) in [5.74, 6) is 0.182. The molecule has 1 aliphatic rings. The number of anilines is 1. The van der Waals surface area contributed by atoms with Crippen LogP contribution in [0.4, 0.5) is 10.2 Å². The van der Waals surface area contributed by atoms with Crippen molar-refractivity contribution < 1.29 is 23.7 Å². The van der Waals surface area contributed by atoms with Crippen molar-refractivity contribution in [2.24, 2.45) is 0 Å². The van der Waals surface area contributed by atoms with E-state index in [4.69, 9.17) is 4.74 Å². The Balaban J connectivity index is 1.51. The lowest BCUT2D eigenvalue weighted by Crippen LogP contribution is -2.53. The number of aryl methyl sites for hydroxylation is 1. The van der Waals surface area contributed by atoms with Crippen molar-refractivity contribution in [1.29, 1.82) is 0 Å². The second kappa shape index (κ2) is 7.79. The van der Waals surface area contributed by atoms with Crippen LogP contribution in [0.25, 0.3) is 0 Å². The maximum atomic E-state index is 12.9. The van der Waals surface area contributed by atoms with Crippen molar-refractivity contribution in [3.8, 4) is 5.75 Å². The third-order valence-electron chi connectivity index (χ3n) is 4.23. The molecule has 2 heterocycles. The average molecular weight is 364 g/mol. The van der Waals surface area contributed by atoms with Crippen LogP contribution in [0, 0.1) is 12.7 Å². The molecule has 1 fully saturated rings. The van der Waals surface area contributed by atoms with Crippen molar-refractivity contribution in [2.75, 3.05) is 31.6 Å². The molecule has 0 spiro atoms. The SMILES string of the molecule is Cc1nonc1NC(=O)CN1CCCC(O)(COc2ccc(F)cc2)C1. The summed E-state index contributed by atoms with van der Waals surface area (Å²) in [6.45, 7) is 2.87. The van der Waals surface area contributed by atoms with Gasteiger partial charge in [-0.1, -0.05) is 5.16 Å². The minimum atomic E-state index is -1.07. The molecule has 26 heavy (non-hydrogen) atoms. The van der Waals surface area contributed by atoms with E-state index < -0.39 is 5.60 Å².